The van der Waals surface area contributed by atoms with Crippen LogP contribution in [0.1, 0.15) is 12.8 Å². The molecule has 2 rings (SSSR count). The van der Waals surface area contributed by atoms with E-state index in [2.05, 4.69) is 5.32 Å². The van der Waals surface area contributed by atoms with Crippen molar-refractivity contribution >= 4 is 29.9 Å². The van der Waals surface area contributed by atoms with E-state index >= 15 is 0 Å². The van der Waals surface area contributed by atoms with E-state index in [9.17, 15) is 14.4 Å². The van der Waals surface area contributed by atoms with Gasteiger partial charge in [-0.2, -0.15) is 0 Å². The van der Waals surface area contributed by atoms with Gasteiger partial charge >= 0.3 is 5.97 Å². The van der Waals surface area contributed by atoms with Crippen molar-refractivity contribution in [1.82, 2.24) is 10.2 Å². The largest absolute Gasteiger partial charge is 0.480 e. The molecule has 7 heteroatoms. The molecule has 2 aliphatic heterocycles. The van der Waals surface area contributed by atoms with Crippen LogP contribution in [0, 0.1) is 0 Å². The first kappa shape index (κ1) is 11.4. The number of nitrogens with one attached hydrogen (secondary N) is 1. The van der Waals surface area contributed by atoms with Crippen LogP contribution in [0.15, 0.2) is 0 Å². The molecule has 2 fully saturated rings. The van der Waals surface area contributed by atoms with Gasteiger partial charge in [0.15, 0.2) is 0 Å². The van der Waals surface area contributed by atoms with Gasteiger partial charge in [0.05, 0.1) is 6.04 Å². The number of likely N-dealkylation sites (tertiary alicyclic amines) is 1. The van der Waals surface area contributed by atoms with Crippen LogP contribution in [0.25, 0.3) is 0 Å². The molecule has 88 valence electrons. The minimum atomic E-state index is -0.927. The fourth-order valence-electron chi connectivity index (χ4n) is 1.92. The number of amides is 1. The average Bonchev–Trinajstić information content (AvgIpc) is 2.83. The lowest BCUT2D eigenvalue weighted by Crippen LogP contribution is -2.49. The first-order chi connectivity index (χ1) is 7.63. The van der Waals surface area contributed by atoms with Gasteiger partial charge in [-0.15, -0.1) is 11.8 Å². The van der Waals surface area contributed by atoms with E-state index in [0.717, 1.165) is 6.29 Å². The minimum Gasteiger partial charge on any atom is -0.480 e. The lowest BCUT2D eigenvalue weighted by molar-refractivity contribution is -0.140. The summed E-state index contributed by atoms with van der Waals surface area (Å²) in [6.07, 6.45) is 1.64. The van der Waals surface area contributed by atoms with Crippen LogP contribution >= 0.6 is 11.8 Å². The molecule has 0 spiro atoms. The molecule has 0 saturated carbocycles. The Balaban J connectivity index is 2.05. The molecule has 0 aromatic heterocycles. The fourth-order valence-corrected chi connectivity index (χ4v) is 3.23. The van der Waals surface area contributed by atoms with Gasteiger partial charge in [0.2, 0.25) is 5.91 Å². The lowest BCUT2D eigenvalue weighted by Gasteiger charge is -2.27. The maximum Gasteiger partial charge on any atom is 0.321 e. The van der Waals surface area contributed by atoms with Crippen LogP contribution in [0.5, 0.6) is 0 Å². The van der Waals surface area contributed by atoms with E-state index in [1.54, 1.807) is 0 Å². The molecule has 2 heterocycles. The summed E-state index contributed by atoms with van der Waals surface area (Å²) < 4.78 is 0. The third-order valence-electron chi connectivity index (χ3n) is 2.77. The van der Waals surface area contributed by atoms with Crippen molar-refractivity contribution in [3.05, 3.63) is 0 Å². The van der Waals surface area contributed by atoms with Gasteiger partial charge in [0, 0.05) is 12.2 Å². The van der Waals surface area contributed by atoms with Crippen LogP contribution < -0.4 is 5.32 Å². The topological polar surface area (TPSA) is 86.7 Å². The number of rotatable bonds is 3. The average molecular weight is 244 g/mol. The third-order valence-corrected chi connectivity index (χ3v) is 3.98. The third kappa shape index (κ3) is 1.92. The highest BCUT2D eigenvalue weighted by atomic mass is 32.2. The number of hydrogen-bond donors (Lipinski definition) is 2. The SMILES string of the molecule is O=C[C@H]1CCC(=O)N1C1NC(C(=O)O)CS1. The maximum absolute atomic E-state index is 11.6. The molecule has 2 aliphatic rings. The first-order valence-corrected chi connectivity index (χ1v) is 6.05. The van der Waals surface area contributed by atoms with E-state index in [0.29, 0.717) is 18.6 Å². The normalized spacial score (nSPS) is 34.4. The summed E-state index contributed by atoms with van der Waals surface area (Å²) in [7, 11) is 0. The molecule has 6 nitrogen and oxygen atoms in total. The number of thioether (sulfide) groups is 1. The highest BCUT2D eigenvalue weighted by Gasteiger charge is 2.41. The van der Waals surface area contributed by atoms with Crippen molar-refractivity contribution in [2.24, 2.45) is 0 Å². The van der Waals surface area contributed by atoms with Crippen LogP contribution in [-0.4, -0.2) is 51.5 Å². The molecular weight excluding hydrogens is 232 g/mol. The van der Waals surface area contributed by atoms with Crippen molar-refractivity contribution in [3.8, 4) is 0 Å². The molecule has 0 radical (unpaired) electrons. The monoisotopic (exact) mass is 244 g/mol. The summed E-state index contributed by atoms with van der Waals surface area (Å²) in [5.74, 6) is -0.604. The number of nitrogens with zero attached hydrogens (tertiary/aromatic N) is 1. The molecule has 2 unspecified atom stereocenters. The summed E-state index contributed by atoms with van der Waals surface area (Å²) in [6, 6.07) is -1.05. The highest BCUT2D eigenvalue weighted by molar-refractivity contribution is 8.00. The molecule has 0 aromatic carbocycles. The van der Waals surface area contributed by atoms with E-state index in [-0.39, 0.29) is 11.4 Å². The Hall–Kier alpha value is -1.08. The second kappa shape index (κ2) is 4.42. The van der Waals surface area contributed by atoms with E-state index < -0.39 is 18.1 Å². The van der Waals surface area contributed by atoms with E-state index in [1.807, 2.05) is 0 Å². The fraction of sp³-hybridized carbons (Fsp3) is 0.667. The zero-order valence-electron chi connectivity index (χ0n) is 8.46. The predicted octanol–water partition coefficient (Wildman–Crippen LogP) is -0.750. The van der Waals surface area contributed by atoms with Crippen LogP contribution in [0.3, 0.4) is 0 Å². The summed E-state index contributed by atoms with van der Waals surface area (Å²) in [5, 5.41) is 11.7. The number of aliphatic carboxylic acids is 1. The molecule has 3 atom stereocenters. The summed E-state index contributed by atoms with van der Waals surface area (Å²) in [4.78, 5) is 34.6. The first-order valence-electron chi connectivity index (χ1n) is 5.00. The molecule has 1 amide bonds. The van der Waals surface area contributed by atoms with Crippen molar-refractivity contribution in [1.29, 1.82) is 0 Å². The van der Waals surface area contributed by atoms with Crippen LogP contribution in [-0.2, 0) is 14.4 Å². The quantitative estimate of drug-likeness (QED) is 0.635. The van der Waals surface area contributed by atoms with Crippen molar-refractivity contribution in [3.63, 3.8) is 0 Å². The Morgan fingerprint density at radius 3 is 2.94 bits per heavy atom. The van der Waals surface area contributed by atoms with Gasteiger partial charge in [0.1, 0.15) is 17.8 Å². The Kier molecular flexibility index (Phi) is 3.15. The van der Waals surface area contributed by atoms with Gasteiger partial charge in [-0.3, -0.25) is 14.9 Å². The summed E-state index contributed by atoms with van der Waals surface area (Å²) in [6.45, 7) is 0. The van der Waals surface area contributed by atoms with Gasteiger partial charge in [-0.25, -0.2) is 0 Å². The molecule has 0 bridgehead atoms. The van der Waals surface area contributed by atoms with Crippen molar-refractivity contribution in [2.75, 3.05) is 5.75 Å². The zero-order valence-corrected chi connectivity index (χ0v) is 9.27. The van der Waals surface area contributed by atoms with Gasteiger partial charge in [0.25, 0.3) is 0 Å². The zero-order chi connectivity index (χ0) is 11.7. The smallest absolute Gasteiger partial charge is 0.321 e. The van der Waals surface area contributed by atoms with Crippen LogP contribution in [0.2, 0.25) is 0 Å². The summed E-state index contributed by atoms with van der Waals surface area (Å²) >= 11 is 1.35. The summed E-state index contributed by atoms with van der Waals surface area (Å²) in [5.41, 5.74) is -0.383. The Labute approximate surface area is 96.4 Å². The molecule has 2 N–H and O–H groups in total. The molecule has 0 aliphatic carbocycles. The Morgan fingerprint density at radius 1 is 1.62 bits per heavy atom. The number of carboxylic acids is 1. The Morgan fingerprint density at radius 2 is 2.38 bits per heavy atom. The molecule has 2 saturated heterocycles. The number of carbonyl (C=O) groups is 3. The molecule has 0 aromatic rings. The predicted molar refractivity (Wildman–Crippen MR) is 56.7 cm³/mol. The van der Waals surface area contributed by atoms with Crippen LogP contribution in [0.4, 0.5) is 0 Å². The highest BCUT2D eigenvalue weighted by Crippen LogP contribution is 2.29. The second-order valence-electron chi connectivity index (χ2n) is 3.79. The van der Waals surface area contributed by atoms with E-state index in [4.69, 9.17) is 5.11 Å². The van der Waals surface area contributed by atoms with Gasteiger partial charge in [-0.1, -0.05) is 0 Å². The van der Waals surface area contributed by atoms with Crippen molar-refractivity contribution < 1.29 is 19.5 Å². The number of carboxylic acid groups (broad SMARTS) is 1. The number of aldehydes is 1. The van der Waals surface area contributed by atoms with Gasteiger partial charge < -0.3 is 14.8 Å². The lowest BCUT2D eigenvalue weighted by atomic mass is 10.2. The van der Waals surface area contributed by atoms with Crippen molar-refractivity contribution in [2.45, 2.75) is 30.4 Å². The molecule has 16 heavy (non-hydrogen) atoms. The number of carbonyl (C=O) groups excluding carboxylic acids is 2. The number of hydrogen-bond acceptors (Lipinski definition) is 5. The standard InChI is InChI=1S/C9H12N2O4S/c12-3-5-1-2-7(13)11(5)9-10-6(4-16-9)8(14)15/h3,5-6,9-10H,1-2,4H2,(H,14,15)/t5-,6?,9?/m1/s1. The second-order valence-corrected chi connectivity index (χ2v) is 4.90. The van der Waals surface area contributed by atoms with Gasteiger partial charge in [-0.05, 0) is 6.42 Å². The maximum atomic E-state index is 11.6. The molecular formula is C9H12N2O4S. The minimum absolute atomic E-state index is 0.0897. The Bertz CT molecular complexity index is 335. The van der Waals surface area contributed by atoms with E-state index in [1.165, 1.54) is 16.7 Å².